The van der Waals surface area contributed by atoms with Gasteiger partial charge in [-0.05, 0) is 54.5 Å². The molecule has 2 heteroatoms. The maximum absolute atomic E-state index is 6.36. The fourth-order valence-electron chi connectivity index (χ4n) is 4.03. The Morgan fingerprint density at radius 2 is 1.86 bits per heavy atom. The first-order valence-electron chi connectivity index (χ1n) is 7.94. The number of allylic oxidation sites excluding steroid dienone is 2. The summed E-state index contributed by atoms with van der Waals surface area (Å²) in [4.78, 5) is 0. The summed E-state index contributed by atoms with van der Waals surface area (Å²) in [6.07, 6.45) is 5.85. The van der Waals surface area contributed by atoms with Crippen LogP contribution < -0.4 is 5.32 Å². The van der Waals surface area contributed by atoms with Crippen molar-refractivity contribution in [2.24, 2.45) is 5.92 Å². The summed E-state index contributed by atoms with van der Waals surface area (Å²) in [5.74, 6) is 1.09. The van der Waals surface area contributed by atoms with E-state index in [0.717, 1.165) is 17.0 Å². The van der Waals surface area contributed by atoms with E-state index in [9.17, 15) is 0 Å². The number of aryl methyl sites for hydroxylation is 1. The van der Waals surface area contributed by atoms with E-state index < -0.39 is 0 Å². The number of nitrogens with one attached hydrogen (secondary N) is 1. The van der Waals surface area contributed by atoms with Crippen LogP contribution in [0.2, 0.25) is 5.02 Å². The van der Waals surface area contributed by atoms with E-state index in [1.807, 2.05) is 6.07 Å². The quantitative estimate of drug-likeness (QED) is 0.658. The number of fused-ring (bicyclic) bond motifs is 3. The molecule has 0 bridgehead atoms. The molecule has 3 unspecified atom stereocenters. The SMILES string of the molecule is Cc1ccccc1C1Nc2c(ccc(Cl)c2C)C2C=CCC21. The highest BCUT2D eigenvalue weighted by atomic mass is 35.5. The van der Waals surface area contributed by atoms with E-state index in [4.69, 9.17) is 11.6 Å². The van der Waals surface area contributed by atoms with Gasteiger partial charge in [-0.15, -0.1) is 0 Å². The summed E-state index contributed by atoms with van der Waals surface area (Å²) in [5, 5.41) is 4.65. The van der Waals surface area contributed by atoms with Gasteiger partial charge in [-0.1, -0.05) is 54.1 Å². The molecule has 0 saturated carbocycles. The van der Waals surface area contributed by atoms with E-state index in [2.05, 4.69) is 61.6 Å². The Hall–Kier alpha value is -1.73. The van der Waals surface area contributed by atoms with Crippen molar-refractivity contribution >= 4 is 17.3 Å². The van der Waals surface area contributed by atoms with Crippen molar-refractivity contribution in [1.82, 2.24) is 0 Å². The number of benzene rings is 2. The Morgan fingerprint density at radius 3 is 2.68 bits per heavy atom. The van der Waals surface area contributed by atoms with Gasteiger partial charge in [-0.2, -0.15) is 0 Å². The summed E-state index contributed by atoms with van der Waals surface area (Å²) in [5.41, 5.74) is 6.55. The van der Waals surface area contributed by atoms with E-state index in [-0.39, 0.29) is 0 Å². The van der Waals surface area contributed by atoms with Crippen LogP contribution in [0.15, 0.2) is 48.6 Å². The minimum atomic E-state index is 0.353. The van der Waals surface area contributed by atoms with E-state index in [1.54, 1.807) is 0 Å². The molecule has 3 atom stereocenters. The molecule has 1 aliphatic carbocycles. The lowest BCUT2D eigenvalue weighted by atomic mass is 9.75. The van der Waals surface area contributed by atoms with E-state index in [0.29, 0.717) is 17.9 Å². The second kappa shape index (κ2) is 5.17. The zero-order valence-corrected chi connectivity index (χ0v) is 13.7. The zero-order chi connectivity index (χ0) is 15.3. The van der Waals surface area contributed by atoms with Gasteiger partial charge in [0.25, 0.3) is 0 Å². The average Bonchev–Trinajstić information content (AvgIpc) is 3.00. The van der Waals surface area contributed by atoms with Crippen LogP contribution in [-0.4, -0.2) is 0 Å². The van der Waals surface area contributed by atoms with Gasteiger partial charge in [0.1, 0.15) is 0 Å². The molecule has 0 spiro atoms. The van der Waals surface area contributed by atoms with Crippen molar-refractivity contribution in [2.45, 2.75) is 32.2 Å². The predicted molar refractivity (Wildman–Crippen MR) is 93.7 cm³/mol. The minimum absolute atomic E-state index is 0.353. The molecule has 0 fully saturated rings. The molecule has 22 heavy (non-hydrogen) atoms. The molecule has 2 aromatic carbocycles. The molecule has 0 amide bonds. The standard InChI is InChI=1S/C20H20ClN/c1-12-6-3-4-7-14(12)20-16-9-5-8-15(16)17-10-11-18(21)13(2)19(17)22-20/h3-8,10-11,15-16,20,22H,9H2,1-2H3. The lowest BCUT2D eigenvalue weighted by Gasteiger charge is -2.39. The molecule has 1 heterocycles. The molecule has 0 aromatic heterocycles. The van der Waals surface area contributed by atoms with Crippen LogP contribution in [0.5, 0.6) is 0 Å². The highest BCUT2D eigenvalue weighted by Crippen LogP contribution is 2.51. The summed E-state index contributed by atoms with van der Waals surface area (Å²) < 4.78 is 0. The first kappa shape index (κ1) is 13.9. The molecule has 112 valence electrons. The average molecular weight is 310 g/mol. The molecule has 1 nitrogen and oxygen atoms in total. The van der Waals surface area contributed by atoms with Crippen LogP contribution in [0.1, 0.15) is 40.6 Å². The maximum atomic E-state index is 6.36. The first-order valence-corrected chi connectivity index (χ1v) is 8.32. The first-order chi connectivity index (χ1) is 10.7. The van der Waals surface area contributed by atoms with Gasteiger partial charge in [0.2, 0.25) is 0 Å². The lowest BCUT2D eigenvalue weighted by molar-refractivity contribution is 0.424. The molecule has 2 aromatic rings. The third-order valence-electron chi connectivity index (χ3n) is 5.25. The largest absolute Gasteiger partial charge is 0.377 e. The van der Waals surface area contributed by atoms with Gasteiger partial charge in [-0.25, -0.2) is 0 Å². The molecule has 2 aliphatic rings. The van der Waals surface area contributed by atoms with E-state index in [1.165, 1.54) is 22.4 Å². The molecule has 0 radical (unpaired) electrons. The molecule has 4 rings (SSSR count). The number of rotatable bonds is 1. The van der Waals surface area contributed by atoms with Crippen LogP contribution in [0.4, 0.5) is 5.69 Å². The molecule has 1 N–H and O–H groups in total. The fraction of sp³-hybridized carbons (Fsp3) is 0.300. The van der Waals surface area contributed by atoms with Crippen molar-refractivity contribution in [3.05, 3.63) is 75.8 Å². The summed E-state index contributed by atoms with van der Waals surface area (Å²) in [6, 6.07) is 13.3. The van der Waals surface area contributed by atoms with Crippen molar-refractivity contribution in [1.29, 1.82) is 0 Å². The van der Waals surface area contributed by atoms with Crippen molar-refractivity contribution < 1.29 is 0 Å². The number of halogens is 1. The van der Waals surface area contributed by atoms with Gasteiger partial charge >= 0.3 is 0 Å². The van der Waals surface area contributed by atoms with Crippen molar-refractivity contribution in [3.63, 3.8) is 0 Å². The predicted octanol–water partition coefficient (Wildman–Crippen LogP) is 5.78. The van der Waals surface area contributed by atoms with Crippen LogP contribution >= 0.6 is 11.6 Å². The van der Waals surface area contributed by atoms with Crippen LogP contribution in [0, 0.1) is 19.8 Å². The lowest BCUT2D eigenvalue weighted by Crippen LogP contribution is -2.30. The minimum Gasteiger partial charge on any atom is -0.377 e. The van der Waals surface area contributed by atoms with Crippen LogP contribution in [0.3, 0.4) is 0 Å². The second-order valence-electron chi connectivity index (χ2n) is 6.47. The van der Waals surface area contributed by atoms with Crippen LogP contribution in [-0.2, 0) is 0 Å². The highest BCUT2D eigenvalue weighted by molar-refractivity contribution is 6.31. The summed E-state index contributed by atoms with van der Waals surface area (Å²) >= 11 is 6.36. The van der Waals surface area contributed by atoms with Gasteiger partial charge in [-0.3, -0.25) is 0 Å². The van der Waals surface area contributed by atoms with Crippen molar-refractivity contribution in [3.8, 4) is 0 Å². The molecular formula is C20H20ClN. The smallest absolute Gasteiger partial charge is 0.0556 e. The maximum Gasteiger partial charge on any atom is 0.0556 e. The van der Waals surface area contributed by atoms with Gasteiger partial charge in [0.05, 0.1) is 6.04 Å². The molecule has 0 saturated heterocycles. The van der Waals surface area contributed by atoms with Gasteiger partial charge in [0, 0.05) is 16.6 Å². The molecular weight excluding hydrogens is 290 g/mol. The third-order valence-corrected chi connectivity index (χ3v) is 5.66. The van der Waals surface area contributed by atoms with E-state index >= 15 is 0 Å². The third kappa shape index (κ3) is 1.99. The number of hydrogen-bond donors (Lipinski definition) is 1. The van der Waals surface area contributed by atoms with Crippen LogP contribution in [0.25, 0.3) is 0 Å². The monoisotopic (exact) mass is 309 g/mol. The van der Waals surface area contributed by atoms with Crippen molar-refractivity contribution in [2.75, 3.05) is 5.32 Å². The molecule has 1 aliphatic heterocycles. The second-order valence-corrected chi connectivity index (χ2v) is 6.88. The Balaban J connectivity index is 1.87. The fourth-order valence-corrected chi connectivity index (χ4v) is 4.19. The van der Waals surface area contributed by atoms with Gasteiger partial charge < -0.3 is 5.32 Å². The zero-order valence-electron chi connectivity index (χ0n) is 12.9. The summed E-state index contributed by atoms with van der Waals surface area (Å²) in [7, 11) is 0. The topological polar surface area (TPSA) is 12.0 Å². The Bertz CT molecular complexity index is 762. The van der Waals surface area contributed by atoms with Gasteiger partial charge in [0.15, 0.2) is 0 Å². The normalized spacial score (nSPS) is 25.5. The number of anilines is 1. The number of hydrogen-bond acceptors (Lipinski definition) is 1. The summed E-state index contributed by atoms with van der Waals surface area (Å²) in [6.45, 7) is 4.32. The Labute approximate surface area is 137 Å². The Morgan fingerprint density at radius 1 is 1.05 bits per heavy atom. The highest BCUT2D eigenvalue weighted by Gasteiger charge is 2.38. The Kier molecular flexibility index (Phi) is 3.27.